The van der Waals surface area contributed by atoms with E-state index in [1.807, 2.05) is 37.3 Å². The molecule has 0 saturated carbocycles. The number of aromatic hydroxyl groups is 1. The van der Waals surface area contributed by atoms with Crippen LogP contribution in [0.1, 0.15) is 23.6 Å². The molecule has 2 rings (SSSR count). The van der Waals surface area contributed by atoms with Crippen LogP contribution in [-0.4, -0.2) is 25.0 Å². The molecule has 0 aliphatic rings. The van der Waals surface area contributed by atoms with Crippen molar-refractivity contribution in [1.82, 2.24) is 0 Å². The van der Waals surface area contributed by atoms with Gasteiger partial charge in [-0.15, -0.1) is 6.58 Å². The third-order valence-corrected chi connectivity index (χ3v) is 3.51. The highest BCUT2D eigenvalue weighted by Gasteiger charge is 2.09. The average molecular weight is 325 g/mol. The number of ether oxygens (including phenoxy) is 2. The van der Waals surface area contributed by atoms with Gasteiger partial charge in [0.2, 0.25) is 0 Å². The summed E-state index contributed by atoms with van der Waals surface area (Å²) in [4.78, 5) is 4.47. The SMILES string of the molecule is C=CCc1cc(C=NCc2ccc(OC)cc2)cc(OCC)c1O. The number of phenolic OH excluding ortho intramolecular Hbond substituents is 1. The van der Waals surface area contributed by atoms with E-state index in [0.717, 1.165) is 22.4 Å². The van der Waals surface area contributed by atoms with Gasteiger partial charge >= 0.3 is 0 Å². The molecule has 0 heterocycles. The zero-order valence-corrected chi connectivity index (χ0v) is 14.2. The van der Waals surface area contributed by atoms with Crippen LogP contribution in [0, 0.1) is 0 Å². The van der Waals surface area contributed by atoms with Gasteiger partial charge in [0.25, 0.3) is 0 Å². The first-order valence-electron chi connectivity index (χ1n) is 7.90. The van der Waals surface area contributed by atoms with E-state index in [-0.39, 0.29) is 5.75 Å². The molecule has 0 radical (unpaired) electrons. The third-order valence-electron chi connectivity index (χ3n) is 3.51. The fourth-order valence-electron chi connectivity index (χ4n) is 2.33. The summed E-state index contributed by atoms with van der Waals surface area (Å²) in [7, 11) is 1.65. The van der Waals surface area contributed by atoms with E-state index >= 15 is 0 Å². The highest BCUT2D eigenvalue weighted by atomic mass is 16.5. The van der Waals surface area contributed by atoms with E-state index in [1.165, 1.54) is 0 Å². The van der Waals surface area contributed by atoms with E-state index in [9.17, 15) is 5.11 Å². The minimum atomic E-state index is 0.170. The molecule has 0 amide bonds. The number of nitrogens with zero attached hydrogens (tertiary/aromatic N) is 1. The number of aliphatic imine (C=N–C) groups is 1. The van der Waals surface area contributed by atoms with Crippen molar-refractivity contribution >= 4 is 6.21 Å². The first-order valence-corrected chi connectivity index (χ1v) is 7.90. The Hall–Kier alpha value is -2.75. The second-order valence-corrected chi connectivity index (χ2v) is 5.27. The van der Waals surface area contributed by atoms with Crippen molar-refractivity contribution in [2.24, 2.45) is 4.99 Å². The van der Waals surface area contributed by atoms with Crippen molar-refractivity contribution in [3.05, 3.63) is 65.7 Å². The molecule has 4 heteroatoms. The second kappa shape index (κ2) is 8.77. The van der Waals surface area contributed by atoms with Crippen LogP contribution in [0.3, 0.4) is 0 Å². The lowest BCUT2D eigenvalue weighted by atomic mass is 10.1. The molecule has 0 spiro atoms. The first-order chi connectivity index (χ1) is 11.7. The Labute approximate surface area is 143 Å². The summed E-state index contributed by atoms with van der Waals surface area (Å²) in [6.45, 7) is 6.68. The van der Waals surface area contributed by atoms with Gasteiger partial charge in [-0.3, -0.25) is 4.99 Å². The van der Waals surface area contributed by atoms with Crippen LogP contribution in [0.5, 0.6) is 17.2 Å². The number of allylic oxidation sites excluding steroid dienone is 1. The molecule has 0 saturated heterocycles. The van der Waals surface area contributed by atoms with E-state index in [4.69, 9.17) is 9.47 Å². The van der Waals surface area contributed by atoms with E-state index in [2.05, 4.69) is 11.6 Å². The summed E-state index contributed by atoms with van der Waals surface area (Å²) in [5, 5.41) is 10.2. The van der Waals surface area contributed by atoms with Crippen molar-refractivity contribution in [1.29, 1.82) is 0 Å². The maximum atomic E-state index is 10.2. The van der Waals surface area contributed by atoms with Crippen molar-refractivity contribution in [2.75, 3.05) is 13.7 Å². The molecule has 0 aliphatic carbocycles. The maximum Gasteiger partial charge on any atom is 0.161 e. The Kier molecular flexibility index (Phi) is 6.43. The van der Waals surface area contributed by atoms with Gasteiger partial charge in [-0.05, 0) is 48.7 Å². The molecule has 2 aromatic carbocycles. The highest BCUT2D eigenvalue weighted by molar-refractivity contribution is 5.81. The van der Waals surface area contributed by atoms with Crippen LogP contribution in [-0.2, 0) is 13.0 Å². The molecular weight excluding hydrogens is 302 g/mol. The quantitative estimate of drug-likeness (QED) is 0.586. The molecule has 0 atom stereocenters. The van der Waals surface area contributed by atoms with E-state index < -0.39 is 0 Å². The van der Waals surface area contributed by atoms with Gasteiger partial charge in [-0.2, -0.15) is 0 Å². The van der Waals surface area contributed by atoms with E-state index in [0.29, 0.717) is 25.3 Å². The van der Waals surface area contributed by atoms with Crippen molar-refractivity contribution in [3.8, 4) is 17.2 Å². The fraction of sp³-hybridized carbons (Fsp3) is 0.250. The average Bonchev–Trinajstić information content (AvgIpc) is 2.60. The summed E-state index contributed by atoms with van der Waals surface area (Å²) in [6.07, 6.45) is 4.12. The zero-order valence-electron chi connectivity index (χ0n) is 14.2. The molecule has 0 fully saturated rings. The Bertz CT molecular complexity index is 706. The fourth-order valence-corrected chi connectivity index (χ4v) is 2.33. The Morgan fingerprint density at radius 3 is 2.58 bits per heavy atom. The van der Waals surface area contributed by atoms with Crippen molar-refractivity contribution in [3.63, 3.8) is 0 Å². The summed E-state index contributed by atoms with van der Waals surface area (Å²) in [5.74, 6) is 1.48. The van der Waals surface area contributed by atoms with E-state index in [1.54, 1.807) is 25.5 Å². The third kappa shape index (κ3) is 4.62. The molecule has 0 bridgehead atoms. The first kappa shape index (κ1) is 17.6. The normalized spacial score (nSPS) is 10.8. The van der Waals surface area contributed by atoms with Crippen LogP contribution in [0.4, 0.5) is 0 Å². The van der Waals surface area contributed by atoms with Gasteiger partial charge < -0.3 is 14.6 Å². The van der Waals surface area contributed by atoms with Gasteiger partial charge in [0.1, 0.15) is 5.75 Å². The minimum absolute atomic E-state index is 0.170. The maximum absolute atomic E-state index is 10.2. The van der Waals surface area contributed by atoms with Gasteiger partial charge in [0.05, 0.1) is 20.3 Å². The van der Waals surface area contributed by atoms with Crippen LogP contribution >= 0.6 is 0 Å². The lowest BCUT2D eigenvalue weighted by Gasteiger charge is -2.10. The molecular formula is C20H23NO3. The summed E-state index contributed by atoms with van der Waals surface area (Å²) >= 11 is 0. The summed E-state index contributed by atoms with van der Waals surface area (Å²) < 4.78 is 10.6. The van der Waals surface area contributed by atoms with Gasteiger partial charge in [0.15, 0.2) is 11.5 Å². The smallest absolute Gasteiger partial charge is 0.161 e. The second-order valence-electron chi connectivity index (χ2n) is 5.27. The number of methoxy groups -OCH3 is 1. The Balaban J connectivity index is 2.15. The lowest BCUT2D eigenvalue weighted by Crippen LogP contribution is -1.97. The van der Waals surface area contributed by atoms with Gasteiger partial charge in [0, 0.05) is 11.8 Å². The van der Waals surface area contributed by atoms with Gasteiger partial charge in [-0.1, -0.05) is 18.2 Å². The molecule has 24 heavy (non-hydrogen) atoms. The Morgan fingerprint density at radius 1 is 1.21 bits per heavy atom. The number of hydrogen-bond acceptors (Lipinski definition) is 4. The lowest BCUT2D eigenvalue weighted by molar-refractivity contribution is 0.317. The molecule has 0 aliphatic heterocycles. The summed E-state index contributed by atoms with van der Waals surface area (Å²) in [6, 6.07) is 11.5. The number of hydrogen-bond donors (Lipinski definition) is 1. The highest BCUT2D eigenvalue weighted by Crippen LogP contribution is 2.32. The largest absolute Gasteiger partial charge is 0.504 e. The zero-order chi connectivity index (χ0) is 17.4. The number of phenols is 1. The van der Waals surface area contributed by atoms with Gasteiger partial charge in [-0.25, -0.2) is 0 Å². The minimum Gasteiger partial charge on any atom is -0.504 e. The van der Waals surface area contributed by atoms with Crippen LogP contribution in [0.2, 0.25) is 0 Å². The van der Waals surface area contributed by atoms with Crippen LogP contribution < -0.4 is 9.47 Å². The van der Waals surface area contributed by atoms with Crippen LogP contribution in [0.25, 0.3) is 0 Å². The van der Waals surface area contributed by atoms with Crippen molar-refractivity contribution < 1.29 is 14.6 Å². The predicted molar refractivity (Wildman–Crippen MR) is 97.5 cm³/mol. The molecule has 0 aromatic heterocycles. The monoisotopic (exact) mass is 325 g/mol. The van der Waals surface area contributed by atoms with Crippen molar-refractivity contribution in [2.45, 2.75) is 19.9 Å². The molecule has 4 nitrogen and oxygen atoms in total. The van der Waals surface area contributed by atoms with Crippen LogP contribution in [0.15, 0.2) is 54.0 Å². The molecule has 0 unspecified atom stereocenters. The molecule has 126 valence electrons. The number of benzene rings is 2. The molecule has 2 aromatic rings. The standard InChI is InChI=1S/C20H23NO3/c1-4-6-17-11-16(12-19(20(17)22)24-5-2)14-21-13-15-7-9-18(23-3)10-8-15/h4,7-12,14,22H,1,5-6,13H2,2-3H3. The number of rotatable bonds is 8. The molecule has 1 N–H and O–H groups in total. The Morgan fingerprint density at radius 2 is 1.96 bits per heavy atom. The predicted octanol–water partition coefficient (Wildman–Crippen LogP) is 4.15. The summed E-state index contributed by atoms with van der Waals surface area (Å²) in [5.41, 5.74) is 2.77. The topological polar surface area (TPSA) is 51.0 Å².